The molecule has 19 heavy (non-hydrogen) atoms. The van der Waals surface area contributed by atoms with Crippen LogP contribution in [0.3, 0.4) is 0 Å². The summed E-state index contributed by atoms with van der Waals surface area (Å²) < 4.78 is 13.5. The SMILES string of the molecule is Cc1ccnc(Nc2cccc(F)c2C)c1C(N)=S. The zero-order valence-corrected chi connectivity index (χ0v) is 11.5. The number of nitrogens with one attached hydrogen (secondary N) is 1. The summed E-state index contributed by atoms with van der Waals surface area (Å²) in [7, 11) is 0. The van der Waals surface area contributed by atoms with E-state index in [-0.39, 0.29) is 10.8 Å². The number of aromatic nitrogens is 1. The average Bonchev–Trinajstić information content (AvgIpc) is 2.34. The fraction of sp³-hybridized carbons (Fsp3) is 0.143. The Balaban J connectivity index is 2.47. The van der Waals surface area contributed by atoms with E-state index in [9.17, 15) is 4.39 Å². The molecule has 0 radical (unpaired) electrons. The molecule has 1 aromatic heterocycles. The highest BCUT2D eigenvalue weighted by Gasteiger charge is 2.11. The molecule has 0 unspecified atom stereocenters. The molecule has 98 valence electrons. The molecule has 2 aromatic rings. The predicted molar refractivity (Wildman–Crippen MR) is 79.3 cm³/mol. The van der Waals surface area contributed by atoms with Crippen LogP contribution in [0.5, 0.6) is 0 Å². The van der Waals surface area contributed by atoms with Gasteiger partial charge in [-0.15, -0.1) is 0 Å². The van der Waals surface area contributed by atoms with Crippen molar-refractivity contribution in [1.29, 1.82) is 0 Å². The highest BCUT2D eigenvalue weighted by Crippen LogP contribution is 2.24. The van der Waals surface area contributed by atoms with Gasteiger partial charge in [-0.1, -0.05) is 18.3 Å². The monoisotopic (exact) mass is 275 g/mol. The lowest BCUT2D eigenvalue weighted by Gasteiger charge is -2.14. The Morgan fingerprint density at radius 1 is 1.32 bits per heavy atom. The third-order valence-electron chi connectivity index (χ3n) is 2.93. The highest BCUT2D eigenvalue weighted by molar-refractivity contribution is 7.80. The second-order valence-corrected chi connectivity index (χ2v) is 4.69. The van der Waals surface area contributed by atoms with Gasteiger partial charge in [0.05, 0.1) is 5.56 Å². The van der Waals surface area contributed by atoms with E-state index in [1.807, 2.05) is 13.0 Å². The van der Waals surface area contributed by atoms with E-state index in [0.717, 1.165) is 5.56 Å². The topological polar surface area (TPSA) is 50.9 Å². The molecule has 1 aromatic carbocycles. The van der Waals surface area contributed by atoms with Gasteiger partial charge in [0.2, 0.25) is 0 Å². The van der Waals surface area contributed by atoms with Gasteiger partial charge in [0, 0.05) is 17.4 Å². The largest absolute Gasteiger partial charge is 0.389 e. The third-order valence-corrected chi connectivity index (χ3v) is 3.13. The zero-order valence-electron chi connectivity index (χ0n) is 10.7. The van der Waals surface area contributed by atoms with Crippen LogP contribution in [0.15, 0.2) is 30.5 Å². The van der Waals surface area contributed by atoms with Gasteiger partial charge < -0.3 is 11.1 Å². The summed E-state index contributed by atoms with van der Waals surface area (Å²) in [6.07, 6.45) is 1.66. The molecule has 0 aliphatic carbocycles. The number of hydrogen-bond donors (Lipinski definition) is 2. The molecule has 0 amide bonds. The Kier molecular flexibility index (Phi) is 3.76. The van der Waals surface area contributed by atoms with E-state index in [4.69, 9.17) is 18.0 Å². The maximum atomic E-state index is 13.5. The van der Waals surface area contributed by atoms with E-state index in [1.165, 1.54) is 6.07 Å². The van der Waals surface area contributed by atoms with E-state index in [1.54, 1.807) is 25.3 Å². The number of anilines is 2. The van der Waals surface area contributed by atoms with Crippen molar-refractivity contribution < 1.29 is 4.39 Å². The summed E-state index contributed by atoms with van der Waals surface area (Å²) >= 11 is 5.04. The van der Waals surface area contributed by atoms with Gasteiger partial charge in [-0.05, 0) is 37.6 Å². The van der Waals surface area contributed by atoms with Gasteiger partial charge >= 0.3 is 0 Å². The van der Waals surface area contributed by atoms with E-state index >= 15 is 0 Å². The first-order chi connectivity index (χ1) is 9.00. The van der Waals surface area contributed by atoms with E-state index in [0.29, 0.717) is 22.6 Å². The number of benzene rings is 1. The van der Waals surface area contributed by atoms with Gasteiger partial charge in [-0.25, -0.2) is 9.37 Å². The fourth-order valence-electron chi connectivity index (χ4n) is 1.83. The summed E-state index contributed by atoms with van der Waals surface area (Å²) in [5.74, 6) is 0.274. The Morgan fingerprint density at radius 2 is 2.05 bits per heavy atom. The van der Waals surface area contributed by atoms with Crippen LogP contribution >= 0.6 is 12.2 Å². The number of aryl methyl sites for hydroxylation is 1. The molecule has 3 N–H and O–H groups in total. The number of nitrogens with two attached hydrogens (primary N) is 1. The van der Waals surface area contributed by atoms with Crippen LogP contribution in [0.4, 0.5) is 15.9 Å². The van der Waals surface area contributed by atoms with Crippen molar-refractivity contribution in [2.75, 3.05) is 5.32 Å². The van der Waals surface area contributed by atoms with E-state index in [2.05, 4.69) is 10.3 Å². The number of hydrogen-bond acceptors (Lipinski definition) is 3. The minimum Gasteiger partial charge on any atom is -0.389 e. The van der Waals surface area contributed by atoms with Crippen LogP contribution in [0.25, 0.3) is 0 Å². The molecule has 0 bridgehead atoms. The molecule has 0 atom stereocenters. The van der Waals surface area contributed by atoms with Crippen LogP contribution in [0.2, 0.25) is 0 Å². The van der Waals surface area contributed by atoms with Crippen LogP contribution in [0, 0.1) is 19.7 Å². The summed E-state index contributed by atoms with van der Waals surface area (Å²) in [5.41, 5.74) is 8.50. The maximum absolute atomic E-state index is 13.5. The lowest BCUT2D eigenvalue weighted by atomic mass is 10.1. The molecule has 2 rings (SSSR count). The minimum absolute atomic E-state index is 0.266. The Hall–Kier alpha value is -2.01. The zero-order chi connectivity index (χ0) is 14.0. The number of thiocarbonyl (C=S) groups is 1. The minimum atomic E-state index is -0.269. The molecule has 0 saturated carbocycles. The molecule has 5 heteroatoms. The Labute approximate surface area is 116 Å². The molecule has 0 spiro atoms. The van der Waals surface area contributed by atoms with Gasteiger partial charge in [-0.3, -0.25) is 0 Å². The molecular weight excluding hydrogens is 261 g/mol. The first-order valence-corrected chi connectivity index (χ1v) is 6.19. The molecular formula is C14H14FN3S. The van der Waals surface area contributed by atoms with Gasteiger partial charge in [0.1, 0.15) is 16.6 Å². The average molecular weight is 275 g/mol. The number of halogens is 1. The van der Waals surface area contributed by atoms with Crippen molar-refractivity contribution in [2.45, 2.75) is 13.8 Å². The van der Waals surface area contributed by atoms with Crippen molar-refractivity contribution >= 4 is 28.7 Å². The fourth-order valence-corrected chi connectivity index (χ4v) is 2.09. The summed E-state index contributed by atoms with van der Waals surface area (Å²) in [6, 6.07) is 6.67. The lowest BCUT2D eigenvalue weighted by molar-refractivity contribution is 0.619. The Morgan fingerprint density at radius 3 is 2.74 bits per heavy atom. The molecule has 0 aliphatic rings. The molecule has 1 heterocycles. The molecule has 0 saturated heterocycles. The summed E-state index contributed by atoms with van der Waals surface area (Å²) in [5, 5.41) is 3.09. The molecule has 0 fully saturated rings. The van der Waals surface area contributed by atoms with Gasteiger partial charge in [0.25, 0.3) is 0 Å². The third kappa shape index (κ3) is 2.71. The standard InChI is InChI=1S/C14H14FN3S/c1-8-6-7-17-14(12(8)13(16)19)18-11-5-3-4-10(15)9(11)2/h3-7H,1-2H3,(H2,16,19)(H,17,18). The van der Waals surface area contributed by atoms with Crippen molar-refractivity contribution in [3.63, 3.8) is 0 Å². The highest BCUT2D eigenvalue weighted by atomic mass is 32.1. The quantitative estimate of drug-likeness (QED) is 0.845. The van der Waals surface area contributed by atoms with Crippen molar-refractivity contribution in [2.24, 2.45) is 5.73 Å². The maximum Gasteiger partial charge on any atom is 0.140 e. The molecule has 3 nitrogen and oxygen atoms in total. The smallest absolute Gasteiger partial charge is 0.140 e. The van der Waals surface area contributed by atoms with Crippen LogP contribution in [0.1, 0.15) is 16.7 Å². The second kappa shape index (κ2) is 5.32. The lowest BCUT2D eigenvalue weighted by Crippen LogP contribution is -2.15. The number of nitrogens with zero attached hydrogens (tertiary/aromatic N) is 1. The normalized spacial score (nSPS) is 10.3. The molecule has 0 aliphatic heterocycles. The Bertz CT molecular complexity index is 641. The van der Waals surface area contributed by atoms with Crippen molar-refractivity contribution in [3.8, 4) is 0 Å². The summed E-state index contributed by atoms with van der Waals surface area (Å²) in [6.45, 7) is 3.60. The number of rotatable bonds is 3. The number of pyridine rings is 1. The van der Waals surface area contributed by atoms with Crippen LogP contribution in [-0.4, -0.2) is 9.97 Å². The van der Waals surface area contributed by atoms with Gasteiger partial charge in [-0.2, -0.15) is 0 Å². The predicted octanol–water partition coefficient (Wildman–Crippen LogP) is 3.22. The first kappa shape index (κ1) is 13.4. The van der Waals surface area contributed by atoms with Crippen LogP contribution in [-0.2, 0) is 0 Å². The van der Waals surface area contributed by atoms with Gasteiger partial charge in [0.15, 0.2) is 0 Å². The van der Waals surface area contributed by atoms with Crippen molar-refractivity contribution in [3.05, 3.63) is 53.0 Å². The van der Waals surface area contributed by atoms with E-state index < -0.39 is 0 Å². The summed E-state index contributed by atoms with van der Waals surface area (Å²) in [4.78, 5) is 4.49. The first-order valence-electron chi connectivity index (χ1n) is 5.78. The van der Waals surface area contributed by atoms with Crippen molar-refractivity contribution in [1.82, 2.24) is 4.98 Å². The van der Waals surface area contributed by atoms with Crippen LogP contribution < -0.4 is 11.1 Å². The second-order valence-electron chi connectivity index (χ2n) is 4.25.